The summed E-state index contributed by atoms with van der Waals surface area (Å²) in [6.07, 6.45) is 0. The van der Waals surface area contributed by atoms with Crippen LogP contribution in [0.5, 0.6) is 0 Å². The molecule has 0 nitrogen and oxygen atoms in total. The Labute approximate surface area is 144 Å². The molecule has 0 saturated carbocycles. The minimum absolute atomic E-state index is 0.445. The molecular formula is C19H15AsCl2. The van der Waals surface area contributed by atoms with Gasteiger partial charge in [-0.1, -0.05) is 0 Å². The van der Waals surface area contributed by atoms with Crippen molar-refractivity contribution in [2.24, 2.45) is 0 Å². The standard InChI is InChI=1S/C19H15AsCl2/c21-20(22)19(16-10-4-1-5-11-16,17-12-6-2-7-13-17)18-14-8-3-9-15-18/h1-15H. The van der Waals surface area contributed by atoms with Crippen LogP contribution in [0.1, 0.15) is 16.7 Å². The predicted octanol–water partition coefficient (Wildman–Crippen LogP) is 5.53. The molecule has 3 aromatic carbocycles. The number of benzene rings is 3. The Hall–Kier alpha value is -1.20. The van der Waals surface area contributed by atoms with Crippen LogP contribution in [0.4, 0.5) is 0 Å². The third kappa shape index (κ3) is 2.72. The fraction of sp³-hybridized carbons (Fsp3) is 0.0526. The van der Waals surface area contributed by atoms with Crippen LogP contribution in [0, 0.1) is 0 Å². The van der Waals surface area contributed by atoms with Gasteiger partial charge in [0.05, 0.1) is 0 Å². The number of hydrogen-bond acceptors (Lipinski definition) is 0. The quantitative estimate of drug-likeness (QED) is 0.407. The zero-order valence-corrected chi connectivity index (χ0v) is 15.3. The van der Waals surface area contributed by atoms with E-state index in [9.17, 15) is 0 Å². The van der Waals surface area contributed by atoms with E-state index in [1.807, 2.05) is 54.6 Å². The van der Waals surface area contributed by atoms with Crippen LogP contribution in [0.15, 0.2) is 91.0 Å². The maximum atomic E-state index is 6.72. The molecule has 0 aliphatic heterocycles. The second-order valence-corrected chi connectivity index (χ2v) is 11.8. The molecule has 0 spiro atoms. The van der Waals surface area contributed by atoms with Gasteiger partial charge in [0.25, 0.3) is 0 Å². The molecule has 0 unspecified atom stereocenters. The van der Waals surface area contributed by atoms with Crippen molar-refractivity contribution in [3.63, 3.8) is 0 Å². The summed E-state index contributed by atoms with van der Waals surface area (Å²) in [6.45, 7) is 0. The van der Waals surface area contributed by atoms with E-state index >= 15 is 0 Å². The first-order chi connectivity index (χ1) is 10.8. The first-order valence-corrected chi connectivity index (χ1v) is 12.9. The Morgan fingerprint density at radius 3 is 1.00 bits per heavy atom. The first kappa shape index (κ1) is 15.7. The van der Waals surface area contributed by atoms with Crippen LogP contribution in [0.3, 0.4) is 0 Å². The molecule has 3 heteroatoms. The summed E-state index contributed by atoms with van der Waals surface area (Å²) in [4.78, 5) is 0. The van der Waals surface area contributed by atoms with Crippen LogP contribution >= 0.6 is 19.9 Å². The van der Waals surface area contributed by atoms with Crippen LogP contribution in [0.2, 0.25) is 0 Å². The SMILES string of the molecule is Cl[As](Cl)C(c1ccccc1)(c1ccccc1)c1ccccc1. The molecule has 0 saturated heterocycles. The summed E-state index contributed by atoms with van der Waals surface area (Å²) in [5.41, 5.74) is 3.45. The first-order valence-electron chi connectivity index (χ1n) is 7.04. The zero-order valence-electron chi connectivity index (χ0n) is 11.9. The van der Waals surface area contributed by atoms with E-state index in [4.69, 9.17) is 19.9 Å². The van der Waals surface area contributed by atoms with Crippen molar-refractivity contribution < 1.29 is 0 Å². The van der Waals surface area contributed by atoms with E-state index in [0.717, 1.165) is 16.7 Å². The summed E-state index contributed by atoms with van der Waals surface area (Å²) in [7, 11) is 13.4. The molecule has 0 heterocycles. The average Bonchev–Trinajstić information content (AvgIpc) is 2.58. The van der Waals surface area contributed by atoms with E-state index in [-0.39, 0.29) is 0 Å². The van der Waals surface area contributed by atoms with Crippen molar-refractivity contribution >= 4 is 32.7 Å². The van der Waals surface area contributed by atoms with Crippen LogP contribution in [-0.2, 0) is 4.20 Å². The number of halogens is 2. The van der Waals surface area contributed by atoms with Gasteiger partial charge in [-0.3, -0.25) is 0 Å². The van der Waals surface area contributed by atoms with Crippen molar-refractivity contribution in [2.75, 3.05) is 0 Å². The molecule has 0 fully saturated rings. The monoisotopic (exact) mass is 388 g/mol. The van der Waals surface area contributed by atoms with Gasteiger partial charge >= 0.3 is 145 Å². The topological polar surface area (TPSA) is 0 Å². The van der Waals surface area contributed by atoms with Gasteiger partial charge in [-0.05, 0) is 0 Å². The van der Waals surface area contributed by atoms with E-state index < -0.39 is 17.0 Å². The van der Waals surface area contributed by atoms with Crippen molar-refractivity contribution in [3.8, 4) is 0 Å². The average molecular weight is 389 g/mol. The van der Waals surface area contributed by atoms with Gasteiger partial charge in [-0.15, -0.1) is 0 Å². The van der Waals surface area contributed by atoms with E-state index in [1.54, 1.807) is 0 Å². The molecule has 0 radical (unpaired) electrons. The molecule has 0 N–H and O–H groups in total. The molecule has 0 atom stereocenters. The van der Waals surface area contributed by atoms with Crippen molar-refractivity contribution in [2.45, 2.75) is 4.20 Å². The molecule has 0 aliphatic carbocycles. The third-order valence-electron chi connectivity index (χ3n) is 3.83. The summed E-state index contributed by atoms with van der Waals surface area (Å²) in [5.74, 6) is 0. The molecule has 22 heavy (non-hydrogen) atoms. The minimum atomic E-state index is -2.23. The number of hydrogen-bond donors (Lipinski definition) is 0. The molecule has 3 aromatic rings. The second-order valence-electron chi connectivity index (χ2n) is 5.04. The van der Waals surface area contributed by atoms with Gasteiger partial charge in [0, 0.05) is 0 Å². The summed E-state index contributed by atoms with van der Waals surface area (Å²) >= 11 is -2.23. The van der Waals surface area contributed by atoms with Crippen molar-refractivity contribution in [3.05, 3.63) is 108 Å². The van der Waals surface area contributed by atoms with Gasteiger partial charge in [0.15, 0.2) is 0 Å². The number of rotatable bonds is 4. The molecule has 0 aromatic heterocycles. The Kier molecular flexibility index (Phi) is 4.93. The maximum absolute atomic E-state index is 6.72. The molecule has 110 valence electrons. The fourth-order valence-corrected chi connectivity index (χ4v) is 8.04. The van der Waals surface area contributed by atoms with Crippen molar-refractivity contribution in [1.29, 1.82) is 0 Å². The Morgan fingerprint density at radius 1 is 0.500 bits per heavy atom. The van der Waals surface area contributed by atoms with Gasteiger partial charge < -0.3 is 0 Å². The molecule has 0 amide bonds. The molecule has 0 bridgehead atoms. The summed E-state index contributed by atoms with van der Waals surface area (Å²) < 4.78 is -0.445. The summed E-state index contributed by atoms with van der Waals surface area (Å²) in [5, 5.41) is 0. The zero-order chi connectivity index (χ0) is 15.4. The predicted molar refractivity (Wildman–Crippen MR) is 96.7 cm³/mol. The van der Waals surface area contributed by atoms with Crippen molar-refractivity contribution in [1.82, 2.24) is 0 Å². The van der Waals surface area contributed by atoms with E-state index in [2.05, 4.69) is 36.4 Å². The molecule has 3 rings (SSSR count). The normalized spacial score (nSPS) is 11.6. The van der Waals surface area contributed by atoms with E-state index in [1.165, 1.54) is 0 Å². The van der Waals surface area contributed by atoms with Gasteiger partial charge in [0.1, 0.15) is 0 Å². The van der Waals surface area contributed by atoms with Crippen LogP contribution in [0.25, 0.3) is 0 Å². The van der Waals surface area contributed by atoms with Crippen LogP contribution in [-0.4, -0.2) is 12.8 Å². The molecular weight excluding hydrogens is 374 g/mol. The fourth-order valence-electron chi connectivity index (χ4n) is 2.83. The Bertz CT molecular complexity index is 616. The summed E-state index contributed by atoms with van der Waals surface area (Å²) in [6, 6.07) is 31.0. The second kappa shape index (κ2) is 6.92. The van der Waals surface area contributed by atoms with E-state index in [0.29, 0.717) is 0 Å². The third-order valence-corrected chi connectivity index (χ3v) is 9.15. The molecule has 0 aliphatic rings. The van der Waals surface area contributed by atoms with Crippen LogP contribution < -0.4 is 0 Å². The van der Waals surface area contributed by atoms with Gasteiger partial charge in [-0.2, -0.15) is 0 Å². The van der Waals surface area contributed by atoms with Gasteiger partial charge in [0.2, 0.25) is 0 Å². The van der Waals surface area contributed by atoms with Gasteiger partial charge in [-0.25, -0.2) is 0 Å². The Balaban J connectivity index is 2.34. The Morgan fingerprint density at radius 2 is 0.773 bits per heavy atom.